The van der Waals surface area contributed by atoms with Crippen molar-refractivity contribution in [3.63, 3.8) is 0 Å². The second kappa shape index (κ2) is 10.5. The van der Waals surface area contributed by atoms with Crippen molar-refractivity contribution in [3.05, 3.63) is 82.3 Å². The first-order valence-corrected chi connectivity index (χ1v) is 13.2. The maximum Gasteiger partial charge on any atom is 0.261 e. The number of piperidine rings is 1. The molecule has 9 heteroatoms. The van der Waals surface area contributed by atoms with Gasteiger partial charge in [0.1, 0.15) is 5.82 Å². The number of nitrogens with zero attached hydrogens (tertiary/aromatic N) is 1. The Kier molecular flexibility index (Phi) is 7.42. The van der Waals surface area contributed by atoms with Crippen LogP contribution in [0.4, 0.5) is 10.1 Å². The molecule has 0 saturated carbocycles. The molecule has 1 saturated heterocycles. The molecule has 2 heterocycles. The van der Waals surface area contributed by atoms with Crippen LogP contribution < -0.4 is 10.0 Å². The van der Waals surface area contributed by atoms with Crippen molar-refractivity contribution in [1.82, 2.24) is 10.2 Å². The highest BCUT2D eigenvalue weighted by molar-refractivity contribution is 7.92. The zero-order valence-electron chi connectivity index (χ0n) is 18.0. The number of amides is 1. The number of thiophene rings is 1. The maximum absolute atomic E-state index is 13.0. The third kappa shape index (κ3) is 6.40. The lowest BCUT2D eigenvalue weighted by Gasteiger charge is -2.31. The van der Waals surface area contributed by atoms with Crippen molar-refractivity contribution in [1.29, 1.82) is 0 Å². The van der Waals surface area contributed by atoms with E-state index in [1.807, 2.05) is 0 Å². The minimum atomic E-state index is -3.83. The molecule has 1 amide bonds. The number of carbonyl (C=O) groups excluding carboxylic acids is 1. The van der Waals surface area contributed by atoms with E-state index in [1.165, 1.54) is 53.4 Å². The molecular formula is C24H26FN3O3S2. The molecule has 2 N–H and O–H groups in total. The molecule has 1 aromatic heterocycles. The Bertz CT molecular complexity index is 1160. The minimum absolute atomic E-state index is 0.0292. The summed E-state index contributed by atoms with van der Waals surface area (Å²) < 4.78 is 40.4. The van der Waals surface area contributed by atoms with Gasteiger partial charge in [-0.3, -0.25) is 14.4 Å². The minimum Gasteiger partial charge on any atom is -0.352 e. The van der Waals surface area contributed by atoms with Gasteiger partial charge in [0.25, 0.3) is 15.9 Å². The van der Waals surface area contributed by atoms with E-state index in [4.69, 9.17) is 0 Å². The number of hydrogen-bond acceptors (Lipinski definition) is 5. The molecule has 0 radical (unpaired) electrons. The molecular weight excluding hydrogens is 461 g/mol. The molecule has 0 spiro atoms. The van der Waals surface area contributed by atoms with Gasteiger partial charge >= 0.3 is 0 Å². The molecule has 6 nitrogen and oxygen atoms in total. The summed E-state index contributed by atoms with van der Waals surface area (Å²) in [7, 11) is -3.83. The fourth-order valence-electron chi connectivity index (χ4n) is 3.83. The number of anilines is 1. The topological polar surface area (TPSA) is 78.5 Å². The second-order valence-electron chi connectivity index (χ2n) is 8.15. The highest BCUT2D eigenvalue weighted by Gasteiger charge is 2.21. The summed E-state index contributed by atoms with van der Waals surface area (Å²) in [5, 5.41) is 5.08. The standard InChI is InChI=1S/C24H26FN3O3S2/c25-20-5-7-21(8-6-20)27-33(30,31)23-9-3-19(4-10-23)24(29)26-16-18-11-13-28(14-12-18)17-22-2-1-15-32-22/h1-10,15,18,27H,11-14,16-17H2,(H,26,29). The van der Waals surface area contributed by atoms with E-state index in [0.717, 1.165) is 32.5 Å². The van der Waals surface area contributed by atoms with Crippen LogP contribution in [0.5, 0.6) is 0 Å². The zero-order chi connectivity index (χ0) is 23.3. The third-order valence-corrected chi connectivity index (χ3v) is 8.00. The van der Waals surface area contributed by atoms with Crippen LogP contribution in [0.2, 0.25) is 0 Å². The molecule has 3 aromatic rings. The van der Waals surface area contributed by atoms with Gasteiger partial charge in [-0.25, -0.2) is 12.8 Å². The van der Waals surface area contributed by atoms with Gasteiger partial charge in [0.05, 0.1) is 4.90 Å². The lowest BCUT2D eigenvalue weighted by atomic mass is 9.96. The number of benzene rings is 2. The van der Waals surface area contributed by atoms with Gasteiger partial charge in [-0.1, -0.05) is 6.07 Å². The molecule has 1 fully saturated rings. The third-order valence-electron chi connectivity index (χ3n) is 5.74. The van der Waals surface area contributed by atoms with Crippen molar-refractivity contribution < 1.29 is 17.6 Å². The Morgan fingerprint density at radius 3 is 2.36 bits per heavy atom. The number of carbonyl (C=O) groups is 1. The van der Waals surface area contributed by atoms with Gasteiger partial charge in [-0.15, -0.1) is 11.3 Å². The lowest BCUT2D eigenvalue weighted by molar-refractivity contribution is 0.0935. The predicted octanol–water partition coefficient (Wildman–Crippen LogP) is 4.33. The summed E-state index contributed by atoms with van der Waals surface area (Å²) in [6.07, 6.45) is 2.08. The SMILES string of the molecule is O=C(NCC1CCN(Cc2cccs2)CC1)c1ccc(S(=O)(=O)Nc2ccc(F)cc2)cc1. The Morgan fingerprint density at radius 2 is 1.73 bits per heavy atom. The van der Waals surface area contributed by atoms with E-state index in [2.05, 4.69) is 32.5 Å². The van der Waals surface area contributed by atoms with E-state index < -0.39 is 15.8 Å². The van der Waals surface area contributed by atoms with E-state index in [0.29, 0.717) is 18.0 Å². The van der Waals surface area contributed by atoms with Gasteiger partial charge in [-0.05, 0) is 91.8 Å². The van der Waals surface area contributed by atoms with Gasteiger partial charge in [0.2, 0.25) is 0 Å². The number of halogens is 1. The molecule has 2 aromatic carbocycles. The summed E-state index contributed by atoms with van der Waals surface area (Å²) in [6.45, 7) is 3.64. The van der Waals surface area contributed by atoms with E-state index in [-0.39, 0.29) is 16.5 Å². The molecule has 0 unspecified atom stereocenters. The fraction of sp³-hybridized carbons (Fsp3) is 0.292. The zero-order valence-corrected chi connectivity index (χ0v) is 19.7. The Labute approximate surface area is 197 Å². The largest absolute Gasteiger partial charge is 0.352 e. The predicted molar refractivity (Wildman–Crippen MR) is 128 cm³/mol. The van der Waals surface area contributed by atoms with E-state index in [9.17, 15) is 17.6 Å². The molecule has 174 valence electrons. The first-order chi connectivity index (χ1) is 15.9. The van der Waals surface area contributed by atoms with Gasteiger partial charge < -0.3 is 5.32 Å². The van der Waals surface area contributed by atoms with Crippen LogP contribution in [0.1, 0.15) is 28.1 Å². The van der Waals surface area contributed by atoms with Crippen LogP contribution in [0.15, 0.2) is 70.9 Å². The van der Waals surface area contributed by atoms with Gasteiger partial charge in [0.15, 0.2) is 0 Å². The summed E-state index contributed by atoms with van der Waals surface area (Å²) in [4.78, 5) is 16.4. The van der Waals surface area contributed by atoms with Crippen molar-refractivity contribution in [3.8, 4) is 0 Å². The van der Waals surface area contributed by atoms with Crippen LogP contribution in [0, 0.1) is 11.7 Å². The Balaban J connectivity index is 1.26. The van der Waals surface area contributed by atoms with Gasteiger partial charge in [0, 0.05) is 29.2 Å². The molecule has 0 aliphatic carbocycles. The second-order valence-corrected chi connectivity index (χ2v) is 10.9. The number of rotatable bonds is 8. The first kappa shape index (κ1) is 23.4. The monoisotopic (exact) mass is 487 g/mol. The molecule has 1 aliphatic rings. The average Bonchev–Trinajstić information content (AvgIpc) is 3.33. The number of sulfonamides is 1. The lowest BCUT2D eigenvalue weighted by Crippen LogP contribution is -2.38. The fourth-order valence-corrected chi connectivity index (χ4v) is 5.63. The molecule has 4 rings (SSSR count). The normalized spacial score (nSPS) is 15.3. The van der Waals surface area contributed by atoms with Crippen molar-refractivity contribution in [2.45, 2.75) is 24.3 Å². The highest BCUT2D eigenvalue weighted by atomic mass is 32.2. The van der Waals surface area contributed by atoms with Crippen LogP contribution in [-0.2, 0) is 16.6 Å². The quantitative estimate of drug-likeness (QED) is 0.496. The summed E-state index contributed by atoms with van der Waals surface area (Å²) in [5.41, 5.74) is 0.672. The molecule has 1 aliphatic heterocycles. The smallest absolute Gasteiger partial charge is 0.261 e. The van der Waals surface area contributed by atoms with Crippen LogP contribution >= 0.6 is 11.3 Å². The summed E-state index contributed by atoms with van der Waals surface area (Å²) in [6, 6.07) is 15.1. The number of likely N-dealkylation sites (tertiary alicyclic amines) is 1. The van der Waals surface area contributed by atoms with Crippen molar-refractivity contribution in [2.24, 2.45) is 5.92 Å². The van der Waals surface area contributed by atoms with E-state index >= 15 is 0 Å². The maximum atomic E-state index is 13.0. The molecule has 33 heavy (non-hydrogen) atoms. The van der Waals surface area contributed by atoms with Crippen LogP contribution in [0.3, 0.4) is 0 Å². The first-order valence-electron chi connectivity index (χ1n) is 10.8. The highest BCUT2D eigenvalue weighted by Crippen LogP contribution is 2.21. The van der Waals surface area contributed by atoms with Crippen LogP contribution in [-0.4, -0.2) is 38.9 Å². The number of nitrogens with one attached hydrogen (secondary N) is 2. The molecule has 0 atom stereocenters. The van der Waals surface area contributed by atoms with Crippen molar-refractivity contribution >= 4 is 33.0 Å². The molecule has 0 bridgehead atoms. The average molecular weight is 488 g/mol. The summed E-state index contributed by atoms with van der Waals surface area (Å²) >= 11 is 1.78. The Hall–Kier alpha value is -2.75. The van der Waals surface area contributed by atoms with Crippen LogP contribution in [0.25, 0.3) is 0 Å². The summed E-state index contributed by atoms with van der Waals surface area (Å²) in [5.74, 6) is -0.225. The van der Waals surface area contributed by atoms with E-state index in [1.54, 1.807) is 11.3 Å². The van der Waals surface area contributed by atoms with Crippen molar-refractivity contribution in [2.75, 3.05) is 24.4 Å². The number of hydrogen-bond donors (Lipinski definition) is 2. The Morgan fingerprint density at radius 1 is 1.03 bits per heavy atom. The van der Waals surface area contributed by atoms with Gasteiger partial charge in [-0.2, -0.15) is 0 Å².